The number of amides is 2. The molecular formula is C26H28FN3O4S. The number of nitrogens with zero attached hydrogens (tertiary/aromatic N) is 2. The van der Waals surface area contributed by atoms with Crippen LogP contribution in [-0.4, -0.2) is 48.4 Å². The van der Waals surface area contributed by atoms with E-state index >= 15 is 0 Å². The van der Waals surface area contributed by atoms with Crippen molar-refractivity contribution in [2.75, 3.05) is 26.7 Å². The molecule has 2 heterocycles. The Morgan fingerprint density at radius 2 is 1.97 bits per heavy atom. The molecule has 1 aliphatic rings. The van der Waals surface area contributed by atoms with E-state index in [-0.39, 0.29) is 23.5 Å². The molecule has 3 aromatic rings. The van der Waals surface area contributed by atoms with E-state index < -0.39 is 0 Å². The largest absolute Gasteiger partial charge is 0.493 e. The molecular weight excluding hydrogens is 469 g/mol. The number of benzene rings is 2. The number of aromatic nitrogens is 1. The summed E-state index contributed by atoms with van der Waals surface area (Å²) in [6.07, 6.45) is 1.62. The molecule has 0 atom stereocenters. The Morgan fingerprint density at radius 3 is 2.69 bits per heavy atom. The summed E-state index contributed by atoms with van der Waals surface area (Å²) in [5.74, 6) is 0.461. The van der Waals surface area contributed by atoms with Crippen molar-refractivity contribution in [3.8, 4) is 11.5 Å². The van der Waals surface area contributed by atoms with Gasteiger partial charge in [-0.2, -0.15) is 0 Å². The predicted octanol–water partition coefficient (Wildman–Crippen LogP) is 4.08. The van der Waals surface area contributed by atoms with Gasteiger partial charge in [0.15, 0.2) is 11.5 Å². The van der Waals surface area contributed by atoms with Crippen LogP contribution in [0.4, 0.5) is 4.39 Å². The highest BCUT2D eigenvalue weighted by molar-refractivity contribution is 7.07. The van der Waals surface area contributed by atoms with Crippen LogP contribution in [0.25, 0.3) is 0 Å². The molecule has 1 aliphatic heterocycles. The molecule has 0 bridgehead atoms. The molecule has 1 aromatic heterocycles. The molecule has 35 heavy (non-hydrogen) atoms. The van der Waals surface area contributed by atoms with Crippen molar-refractivity contribution >= 4 is 23.2 Å². The fourth-order valence-corrected chi connectivity index (χ4v) is 4.62. The van der Waals surface area contributed by atoms with Crippen LogP contribution in [0.5, 0.6) is 11.5 Å². The Morgan fingerprint density at radius 1 is 1.17 bits per heavy atom. The van der Waals surface area contributed by atoms with Crippen molar-refractivity contribution in [1.29, 1.82) is 0 Å². The Hall–Kier alpha value is -3.46. The summed E-state index contributed by atoms with van der Waals surface area (Å²) in [5.41, 5.74) is 3.67. The number of piperidine rings is 1. The predicted molar refractivity (Wildman–Crippen MR) is 131 cm³/mol. The molecule has 1 saturated heterocycles. The molecule has 1 fully saturated rings. The van der Waals surface area contributed by atoms with Crippen LogP contribution < -0.4 is 14.8 Å². The summed E-state index contributed by atoms with van der Waals surface area (Å²) in [4.78, 5) is 31.5. The topological polar surface area (TPSA) is 80.8 Å². The van der Waals surface area contributed by atoms with Gasteiger partial charge in [0, 0.05) is 36.5 Å². The molecule has 4 rings (SSSR count). The standard InChI is InChI=1S/C26H28FN3O4S/c1-33-24-14-20(6-7-23(24)34-15-21-16-35-17-29-21)26(32)30-12-9-19(10-13-30)25(31)28-11-8-18-4-2-3-5-22(18)27/h2-7,14,16-17,19H,8-13,15H2,1H3,(H,28,31). The molecule has 1 N–H and O–H groups in total. The second-order valence-electron chi connectivity index (χ2n) is 8.33. The summed E-state index contributed by atoms with van der Waals surface area (Å²) in [6.45, 7) is 1.70. The van der Waals surface area contributed by atoms with Gasteiger partial charge < -0.3 is 19.7 Å². The zero-order valence-corrected chi connectivity index (χ0v) is 20.4. The number of thiazole rings is 1. The minimum atomic E-state index is -0.260. The first kappa shape index (κ1) is 24.7. The SMILES string of the molecule is COc1cc(C(=O)N2CCC(C(=O)NCCc3ccccc3F)CC2)ccc1OCc1cscn1. The third-order valence-electron chi connectivity index (χ3n) is 6.07. The van der Waals surface area contributed by atoms with Crippen molar-refractivity contribution < 1.29 is 23.5 Å². The number of hydrogen-bond acceptors (Lipinski definition) is 6. The minimum absolute atomic E-state index is 0.0447. The highest BCUT2D eigenvalue weighted by atomic mass is 32.1. The van der Waals surface area contributed by atoms with E-state index in [0.29, 0.717) is 68.1 Å². The lowest BCUT2D eigenvalue weighted by molar-refractivity contribution is -0.126. The highest BCUT2D eigenvalue weighted by Crippen LogP contribution is 2.30. The monoisotopic (exact) mass is 497 g/mol. The van der Waals surface area contributed by atoms with E-state index in [0.717, 1.165) is 5.69 Å². The second kappa shape index (κ2) is 11.8. The Bertz CT molecular complexity index is 1150. The van der Waals surface area contributed by atoms with Crippen LogP contribution >= 0.6 is 11.3 Å². The van der Waals surface area contributed by atoms with Gasteiger partial charge in [0.25, 0.3) is 5.91 Å². The van der Waals surface area contributed by atoms with E-state index in [1.54, 1.807) is 46.8 Å². The van der Waals surface area contributed by atoms with Crippen LogP contribution in [0.15, 0.2) is 53.4 Å². The van der Waals surface area contributed by atoms with Gasteiger partial charge in [0.2, 0.25) is 5.91 Å². The fraction of sp³-hybridized carbons (Fsp3) is 0.346. The van der Waals surface area contributed by atoms with Gasteiger partial charge in [-0.25, -0.2) is 9.37 Å². The van der Waals surface area contributed by atoms with Crippen LogP contribution in [0.3, 0.4) is 0 Å². The summed E-state index contributed by atoms with van der Waals surface area (Å²) in [5, 5.41) is 4.82. The lowest BCUT2D eigenvalue weighted by Crippen LogP contribution is -2.43. The lowest BCUT2D eigenvalue weighted by atomic mass is 9.95. The van der Waals surface area contributed by atoms with E-state index in [9.17, 15) is 14.0 Å². The number of likely N-dealkylation sites (tertiary alicyclic amines) is 1. The molecule has 2 amide bonds. The minimum Gasteiger partial charge on any atom is -0.493 e. The van der Waals surface area contributed by atoms with Gasteiger partial charge in [-0.3, -0.25) is 9.59 Å². The molecule has 2 aromatic carbocycles. The van der Waals surface area contributed by atoms with Crippen molar-refractivity contribution in [1.82, 2.24) is 15.2 Å². The van der Waals surface area contributed by atoms with Gasteiger partial charge in [-0.15, -0.1) is 11.3 Å². The lowest BCUT2D eigenvalue weighted by Gasteiger charge is -2.31. The molecule has 9 heteroatoms. The maximum absolute atomic E-state index is 13.7. The van der Waals surface area contributed by atoms with Gasteiger partial charge in [-0.05, 0) is 49.1 Å². The van der Waals surface area contributed by atoms with Crippen molar-refractivity contribution in [3.63, 3.8) is 0 Å². The van der Waals surface area contributed by atoms with Crippen LogP contribution in [0.1, 0.15) is 34.5 Å². The Kier molecular flexibility index (Phi) is 8.31. The third-order valence-corrected chi connectivity index (χ3v) is 6.71. The summed E-state index contributed by atoms with van der Waals surface area (Å²) in [7, 11) is 1.54. The number of ether oxygens (including phenoxy) is 2. The Labute approximate surface area is 207 Å². The first-order valence-electron chi connectivity index (χ1n) is 11.5. The zero-order valence-electron chi connectivity index (χ0n) is 19.5. The van der Waals surface area contributed by atoms with E-state index in [2.05, 4.69) is 10.3 Å². The zero-order chi connectivity index (χ0) is 24.6. The summed E-state index contributed by atoms with van der Waals surface area (Å²) in [6, 6.07) is 11.7. The molecule has 0 radical (unpaired) electrons. The van der Waals surface area contributed by atoms with Gasteiger partial charge in [-0.1, -0.05) is 18.2 Å². The molecule has 0 aliphatic carbocycles. The molecule has 7 nitrogen and oxygen atoms in total. The highest BCUT2D eigenvalue weighted by Gasteiger charge is 2.28. The Balaban J connectivity index is 1.26. The average Bonchev–Trinajstić information content (AvgIpc) is 3.42. The molecule has 0 unspecified atom stereocenters. The van der Waals surface area contributed by atoms with Crippen LogP contribution in [0, 0.1) is 11.7 Å². The van der Waals surface area contributed by atoms with Gasteiger partial charge in [0.05, 0.1) is 18.3 Å². The molecule has 0 saturated carbocycles. The van der Waals surface area contributed by atoms with Gasteiger partial charge in [0.1, 0.15) is 12.4 Å². The maximum Gasteiger partial charge on any atom is 0.253 e. The third kappa shape index (κ3) is 6.36. The van der Waals surface area contributed by atoms with Crippen molar-refractivity contribution in [3.05, 3.63) is 76.0 Å². The van der Waals surface area contributed by atoms with Crippen molar-refractivity contribution in [2.24, 2.45) is 5.92 Å². The van der Waals surface area contributed by atoms with E-state index in [1.165, 1.54) is 24.5 Å². The van der Waals surface area contributed by atoms with Gasteiger partial charge >= 0.3 is 0 Å². The number of carbonyl (C=O) groups excluding carboxylic acids is 2. The number of methoxy groups -OCH3 is 1. The number of halogens is 1. The van der Waals surface area contributed by atoms with Crippen LogP contribution in [0.2, 0.25) is 0 Å². The van der Waals surface area contributed by atoms with Crippen LogP contribution in [-0.2, 0) is 17.8 Å². The summed E-state index contributed by atoms with van der Waals surface area (Å²) < 4.78 is 24.9. The van der Waals surface area contributed by atoms with Crippen molar-refractivity contribution in [2.45, 2.75) is 25.9 Å². The number of rotatable bonds is 9. The van der Waals surface area contributed by atoms with E-state index in [4.69, 9.17) is 9.47 Å². The fourth-order valence-electron chi connectivity index (χ4n) is 4.07. The summed E-state index contributed by atoms with van der Waals surface area (Å²) >= 11 is 1.50. The number of carbonyl (C=O) groups is 2. The average molecular weight is 498 g/mol. The first-order chi connectivity index (χ1) is 17.0. The molecule has 184 valence electrons. The first-order valence-corrected chi connectivity index (χ1v) is 12.5. The quantitative estimate of drug-likeness (QED) is 0.482. The number of hydrogen-bond donors (Lipinski definition) is 1. The normalized spacial score (nSPS) is 13.9. The molecule has 0 spiro atoms. The smallest absolute Gasteiger partial charge is 0.253 e. The number of nitrogens with one attached hydrogen (secondary N) is 1. The second-order valence-corrected chi connectivity index (χ2v) is 9.05. The van der Waals surface area contributed by atoms with E-state index in [1.807, 2.05) is 5.38 Å². The maximum atomic E-state index is 13.7.